The summed E-state index contributed by atoms with van der Waals surface area (Å²) >= 11 is 1.84. The normalized spacial score (nSPS) is 26.7. The molecule has 7 nitrogen and oxygen atoms in total. The molecule has 0 spiro atoms. The first-order valence-electron chi connectivity index (χ1n) is 5.70. The Morgan fingerprint density at radius 2 is 1.79 bits per heavy atom. The van der Waals surface area contributed by atoms with E-state index in [-0.39, 0.29) is 30.5 Å². The number of rotatable bonds is 6. The zero-order valence-electron chi connectivity index (χ0n) is 10.1. The fraction of sp³-hybridized carbons (Fsp3) is 0.727. The van der Waals surface area contributed by atoms with Crippen LogP contribution in [0.5, 0.6) is 0 Å². The van der Waals surface area contributed by atoms with Gasteiger partial charge >= 0.3 is 17.9 Å². The van der Waals surface area contributed by atoms with E-state index < -0.39 is 35.8 Å². The maximum absolute atomic E-state index is 11.3. The zero-order chi connectivity index (χ0) is 14.4. The van der Waals surface area contributed by atoms with Crippen LogP contribution in [0.1, 0.15) is 12.8 Å². The molecule has 0 aromatic rings. The summed E-state index contributed by atoms with van der Waals surface area (Å²) in [5, 5.41) is 17.7. The van der Waals surface area contributed by atoms with Gasteiger partial charge in [0.1, 0.15) is 6.10 Å². The van der Waals surface area contributed by atoms with Gasteiger partial charge in [0.25, 0.3) is 0 Å². The van der Waals surface area contributed by atoms with Crippen LogP contribution in [0.4, 0.5) is 0 Å². The minimum Gasteiger partial charge on any atom is -0.481 e. The highest BCUT2D eigenvalue weighted by atomic mass is 127. The molecule has 19 heavy (non-hydrogen) atoms. The number of hydrogen-bond donors (Lipinski definition) is 2. The number of carbonyl (C=O) groups excluding carboxylic acids is 1. The Bertz CT molecular complexity index is 357. The van der Waals surface area contributed by atoms with Gasteiger partial charge in [-0.3, -0.25) is 14.4 Å². The standard InChI is InChI=1S/C11H15IO7/c12-3-11(17)19-8-5-18-4-6(1-9(13)14)7(8)2-10(15)16/h6-8H,1-5H2,(H,13,14)(H,15,16). The monoisotopic (exact) mass is 386 g/mol. The molecule has 1 rings (SSSR count). The minimum atomic E-state index is -1.04. The Hall–Kier alpha value is -0.900. The number of carbonyl (C=O) groups is 3. The molecule has 0 aliphatic carbocycles. The number of carboxylic acids is 2. The van der Waals surface area contributed by atoms with Gasteiger partial charge in [-0.1, -0.05) is 22.6 Å². The second-order valence-corrected chi connectivity index (χ2v) is 5.08. The summed E-state index contributed by atoms with van der Waals surface area (Å²) in [5.74, 6) is -3.52. The van der Waals surface area contributed by atoms with Crippen LogP contribution < -0.4 is 0 Å². The molecule has 1 fully saturated rings. The first-order chi connectivity index (χ1) is 8.93. The van der Waals surface area contributed by atoms with Crippen molar-refractivity contribution in [3.05, 3.63) is 0 Å². The third-order valence-corrected chi connectivity index (χ3v) is 3.56. The van der Waals surface area contributed by atoms with Crippen LogP contribution in [-0.4, -0.2) is 51.9 Å². The molecule has 0 radical (unpaired) electrons. The average molecular weight is 386 g/mol. The Labute approximate surface area is 123 Å². The first-order valence-corrected chi connectivity index (χ1v) is 7.23. The molecule has 0 bridgehead atoms. The summed E-state index contributed by atoms with van der Waals surface area (Å²) in [7, 11) is 0. The molecule has 0 saturated carbocycles. The van der Waals surface area contributed by atoms with Crippen molar-refractivity contribution in [3.8, 4) is 0 Å². The number of halogens is 1. The van der Waals surface area contributed by atoms with Crippen LogP contribution in [-0.2, 0) is 23.9 Å². The molecular formula is C11H15IO7. The summed E-state index contributed by atoms with van der Waals surface area (Å²) in [4.78, 5) is 32.9. The number of aliphatic carboxylic acids is 2. The molecule has 0 aromatic heterocycles. The Balaban J connectivity index is 2.77. The highest BCUT2D eigenvalue weighted by molar-refractivity contribution is 14.1. The Kier molecular flexibility index (Phi) is 6.49. The van der Waals surface area contributed by atoms with Gasteiger partial charge in [0.05, 0.1) is 30.5 Å². The highest BCUT2D eigenvalue weighted by Gasteiger charge is 2.38. The summed E-state index contributed by atoms with van der Waals surface area (Å²) in [5.41, 5.74) is 0. The molecule has 3 unspecified atom stereocenters. The van der Waals surface area contributed by atoms with E-state index in [9.17, 15) is 14.4 Å². The molecule has 1 saturated heterocycles. The highest BCUT2D eigenvalue weighted by Crippen LogP contribution is 2.30. The molecule has 1 aliphatic heterocycles. The minimum absolute atomic E-state index is 0.108. The number of alkyl halides is 1. The lowest BCUT2D eigenvalue weighted by Crippen LogP contribution is -2.44. The third-order valence-electron chi connectivity index (χ3n) is 2.94. The van der Waals surface area contributed by atoms with Crippen LogP contribution in [0.25, 0.3) is 0 Å². The van der Waals surface area contributed by atoms with Crippen molar-refractivity contribution < 1.29 is 34.1 Å². The van der Waals surface area contributed by atoms with Crippen LogP contribution in [0, 0.1) is 11.8 Å². The van der Waals surface area contributed by atoms with Gasteiger partial charge in [0.2, 0.25) is 0 Å². The maximum atomic E-state index is 11.3. The quantitative estimate of drug-likeness (QED) is 0.390. The maximum Gasteiger partial charge on any atom is 0.316 e. The Morgan fingerprint density at radius 1 is 1.16 bits per heavy atom. The van der Waals surface area contributed by atoms with E-state index in [1.165, 1.54) is 0 Å². The van der Waals surface area contributed by atoms with Crippen LogP contribution >= 0.6 is 22.6 Å². The molecule has 0 aromatic carbocycles. The van der Waals surface area contributed by atoms with E-state index >= 15 is 0 Å². The predicted octanol–water partition coefficient (Wildman–Crippen LogP) is 0.545. The molecular weight excluding hydrogens is 371 g/mol. The number of esters is 1. The number of hydrogen-bond acceptors (Lipinski definition) is 5. The third kappa shape index (κ3) is 5.31. The van der Waals surface area contributed by atoms with E-state index in [0.29, 0.717) is 0 Å². The number of ether oxygens (including phenoxy) is 2. The van der Waals surface area contributed by atoms with Gasteiger partial charge in [-0.25, -0.2) is 0 Å². The van der Waals surface area contributed by atoms with Gasteiger partial charge in [-0.2, -0.15) is 0 Å². The molecule has 1 heterocycles. The van der Waals surface area contributed by atoms with Crippen LogP contribution in [0.15, 0.2) is 0 Å². The lowest BCUT2D eigenvalue weighted by atomic mass is 9.81. The zero-order valence-corrected chi connectivity index (χ0v) is 12.2. The molecule has 0 amide bonds. The lowest BCUT2D eigenvalue weighted by molar-refractivity contribution is -0.168. The van der Waals surface area contributed by atoms with Crippen molar-refractivity contribution in [2.75, 3.05) is 17.6 Å². The average Bonchev–Trinajstić information content (AvgIpc) is 2.31. The SMILES string of the molecule is O=C(O)CC1COCC(OC(=O)CI)C1CC(=O)O. The van der Waals surface area contributed by atoms with Gasteiger partial charge in [0, 0.05) is 5.92 Å². The topological polar surface area (TPSA) is 110 Å². The van der Waals surface area contributed by atoms with Gasteiger partial charge < -0.3 is 19.7 Å². The van der Waals surface area contributed by atoms with Gasteiger partial charge in [0.15, 0.2) is 0 Å². The second-order valence-electron chi connectivity index (χ2n) is 4.32. The number of carboxylic acid groups (broad SMARTS) is 2. The van der Waals surface area contributed by atoms with E-state index in [0.717, 1.165) is 0 Å². The Morgan fingerprint density at radius 3 is 2.32 bits per heavy atom. The summed E-state index contributed by atoms with van der Waals surface area (Å²) in [6.07, 6.45) is -1.13. The van der Waals surface area contributed by atoms with Crippen molar-refractivity contribution in [1.82, 2.24) is 0 Å². The fourth-order valence-corrected chi connectivity index (χ4v) is 2.32. The molecule has 1 aliphatic rings. The first kappa shape index (κ1) is 16.2. The molecule has 108 valence electrons. The van der Waals surface area contributed by atoms with Crippen molar-refractivity contribution in [3.63, 3.8) is 0 Å². The van der Waals surface area contributed by atoms with Crippen LogP contribution in [0.2, 0.25) is 0 Å². The summed E-state index contributed by atoms with van der Waals surface area (Å²) in [6.45, 7) is 0.277. The second kappa shape index (κ2) is 7.63. The van der Waals surface area contributed by atoms with Crippen molar-refractivity contribution in [2.24, 2.45) is 11.8 Å². The summed E-state index contributed by atoms with van der Waals surface area (Å²) in [6, 6.07) is 0. The predicted molar refractivity (Wildman–Crippen MR) is 71.1 cm³/mol. The molecule has 2 N–H and O–H groups in total. The lowest BCUT2D eigenvalue weighted by Gasteiger charge is -2.36. The van der Waals surface area contributed by atoms with Gasteiger partial charge in [-0.05, 0) is 5.92 Å². The van der Waals surface area contributed by atoms with Crippen molar-refractivity contribution >= 4 is 40.5 Å². The fourth-order valence-electron chi connectivity index (χ4n) is 2.14. The van der Waals surface area contributed by atoms with Crippen LogP contribution in [0.3, 0.4) is 0 Å². The van der Waals surface area contributed by atoms with Crippen molar-refractivity contribution in [2.45, 2.75) is 18.9 Å². The largest absolute Gasteiger partial charge is 0.481 e. The van der Waals surface area contributed by atoms with E-state index in [2.05, 4.69) is 0 Å². The van der Waals surface area contributed by atoms with Gasteiger partial charge in [-0.15, -0.1) is 0 Å². The van der Waals surface area contributed by atoms with E-state index in [1.807, 2.05) is 22.6 Å². The molecule has 8 heteroatoms. The smallest absolute Gasteiger partial charge is 0.316 e. The molecule has 3 atom stereocenters. The van der Waals surface area contributed by atoms with E-state index in [1.54, 1.807) is 0 Å². The summed E-state index contributed by atoms with van der Waals surface area (Å²) < 4.78 is 10.5. The van der Waals surface area contributed by atoms with E-state index in [4.69, 9.17) is 19.7 Å². The van der Waals surface area contributed by atoms with Crippen molar-refractivity contribution in [1.29, 1.82) is 0 Å².